The van der Waals surface area contributed by atoms with Crippen molar-refractivity contribution in [2.75, 3.05) is 0 Å². The highest BCUT2D eigenvalue weighted by atomic mass is 19.1. The van der Waals surface area contributed by atoms with E-state index < -0.39 is 10.7 Å². The molecule has 2 rings (SSSR count). The Bertz CT molecular complexity index is 659. The number of nitro benzene ring substituents is 1. The first kappa shape index (κ1) is 14.9. The number of benzene rings is 2. The molecule has 0 aliphatic rings. The second-order valence-corrected chi connectivity index (χ2v) is 4.65. The van der Waals surface area contributed by atoms with E-state index in [-0.39, 0.29) is 24.1 Å². The molecule has 0 spiro atoms. The van der Waals surface area contributed by atoms with Crippen LogP contribution in [0.25, 0.3) is 0 Å². The van der Waals surface area contributed by atoms with Gasteiger partial charge in [0.25, 0.3) is 5.69 Å². The number of halogens is 1. The lowest BCUT2D eigenvalue weighted by Crippen LogP contribution is -2.06. The molecule has 21 heavy (non-hydrogen) atoms. The molecule has 5 nitrogen and oxygen atoms in total. The molecule has 0 radical (unpaired) electrons. The van der Waals surface area contributed by atoms with Crippen LogP contribution in [0.1, 0.15) is 24.1 Å². The van der Waals surface area contributed by atoms with Crippen molar-refractivity contribution in [2.24, 2.45) is 5.73 Å². The normalized spacial score (nSPS) is 12.0. The molecule has 0 unspecified atom stereocenters. The predicted octanol–water partition coefficient (Wildman–Crippen LogP) is 3.33. The number of hydrogen-bond donors (Lipinski definition) is 1. The molecule has 0 bridgehead atoms. The minimum absolute atomic E-state index is 0.0394. The summed E-state index contributed by atoms with van der Waals surface area (Å²) in [5.41, 5.74) is 6.66. The van der Waals surface area contributed by atoms with Gasteiger partial charge in [0.1, 0.15) is 6.61 Å². The van der Waals surface area contributed by atoms with E-state index in [1.54, 1.807) is 31.2 Å². The van der Waals surface area contributed by atoms with Gasteiger partial charge >= 0.3 is 0 Å². The topological polar surface area (TPSA) is 78.4 Å². The smallest absolute Gasteiger partial charge is 0.276 e. The lowest BCUT2D eigenvalue weighted by Gasteiger charge is -2.10. The zero-order valence-electron chi connectivity index (χ0n) is 11.5. The summed E-state index contributed by atoms with van der Waals surface area (Å²) in [5.74, 6) is -0.499. The van der Waals surface area contributed by atoms with E-state index in [0.29, 0.717) is 11.1 Å². The van der Waals surface area contributed by atoms with Crippen molar-refractivity contribution in [3.63, 3.8) is 0 Å². The predicted molar refractivity (Wildman–Crippen MR) is 76.4 cm³/mol. The molecule has 1 atom stereocenters. The van der Waals surface area contributed by atoms with Gasteiger partial charge in [0, 0.05) is 12.1 Å². The Morgan fingerprint density at radius 1 is 1.33 bits per heavy atom. The third-order valence-electron chi connectivity index (χ3n) is 3.05. The summed E-state index contributed by atoms with van der Waals surface area (Å²) in [5, 5.41) is 10.9. The molecule has 0 aromatic heterocycles. The first-order valence-corrected chi connectivity index (χ1v) is 6.39. The Labute approximate surface area is 121 Å². The van der Waals surface area contributed by atoms with Crippen LogP contribution in [0.4, 0.5) is 10.1 Å². The maximum Gasteiger partial charge on any atom is 0.276 e. The van der Waals surface area contributed by atoms with E-state index in [9.17, 15) is 14.5 Å². The second-order valence-electron chi connectivity index (χ2n) is 4.65. The summed E-state index contributed by atoms with van der Waals surface area (Å²) in [4.78, 5) is 10.4. The summed E-state index contributed by atoms with van der Waals surface area (Å²) in [6.07, 6.45) is 0. The standard InChI is InChI=1S/C15H15FN2O3/c1-10(17)11-6-7-15(13(16)8-11)21-9-12-4-2-3-5-14(12)18(19)20/h2-8,10H,9,17H2,1H3/t10-/m1/s1. The highest BCUT2D eigenvalue weighted by Crippen LogP contribution is 2.24. The maximum atomic E-state index is 13.9. The lowest BCUT2D eigenvalue weighted by atomic mass is 10.1. The zero-order valence-corrected chi connectivity index (χ0v) is 11.5. The van der Waals surface area contributed by atoms with Crippen LogP contribution >= 0.6 is 0 Å². The average molecular weight is 290 g/mol. The van der Waals surface area contributed by atoms with E-state index >= 15 is 0 Å². The van der Waals surface area contributed by atoms with Gasteiger partial charge in [-0.15, -0.1) is 0 Å². The second kappa shape index (κ2) is 6.32. The van der Waals surface area contributed by atoms with Gasteiger partial charge in [-0.2, -0.15) is 0 Å². The molecule has 2 N–H and O–H groups in total. The van der Waals surface area contributed by atoms with Crippen molar-refractivity contribution in [3.8, 4) is 5.75 Å². The molecule has 6 heteroatoms. The van der Waals surface area contributed by atoms with Crippen molar-refractivity contribution in [3.05, 3.63) is 69.5 Å². The largest absolute Gasteiger partial charge is 0.486 e. The van der Waals surface area contributed by atoms with Gasteiger partial charge in [0.2, 0.25) is 0 Å². The van der Waals surface area contributed by atoms with Crippen LogP contribution in [0.3, 0.4) is 0 Å². The van der Waals surface area contributed by atoms with Crippen LogP contribution in [0.15, 0.2) is 42.5 Å². The summed E-state index contributed by atoms with van der Waals surface area (Å²) in [7, 11) is 0. The highest BCUT2D eigenvalue weighted by molar-refractivity contribution is 5.40. The number of nitrogens with two attached hydrogens (primary N) is 1. The fourth-order valence-electron chi connectivity index (χ4n) is 1.88. The van der Waals surface area contributed by atoms with E-state index in [1.165, 1.54) is 18.2 Å². The summed E-state index contributed by atoms with van der Waals surface area (Å²) >= 11 is 0. The van der Waals surface area contributed by atoms with Gasteiger partial charge in [0.15, 0.2) is 11.6 Å². The first-order valence-electron chi connectivity index (χ1n) is 6.39. The third kappa shape index (κ3) is 3.55. The van der Waals surface area contributed by atoms with Gasteiger partial charge in [-0.25, -0.2) is 4.39 Å². The summed E-state index contributed by atoms with van der Waals surface area (Å²) in [6, 6.07) is 10.4. The van der Waals surface area contributed by atoms with Crippen molar-refractivity contribution in [1.29, 1.82) is 0 Å². The molecule has 0 fully saturated rings. The number of ether oxygens (including phenoxy) is 1. The average Bonchev–Trinajstić information content (AvgIpc) is 2.46. The van der Waals surface area contributed by atoms with E-state index in [2.05, 4.69) is 0 Å². The highest BCUT2D eigenvalue weighted by Gasteiger charge is 2.14. The molecule has 2 aromatic rings. The number of para-hydroxylation sites is 1. The Morgan fingerprint density at radius 2 is 2.05 bits per heavy atom. The number of rotatable bonds is 5. The number of nitrogens with zero attached hydrogens (tertiary/aromatic N) is 1. The zero-order chi connectivity index (χ0) is 15.4. The maximum absolute atomic E-state index is 13.9. The Kier molecular flexibility index (Phi) is 4.49. The molecule has 0 aliphatic carbocycles. The Balaban J connectivity index is 2.15. The molecule has 0 saturated heterocycles. The molecule has 2 aromatic carbocycles. The molecule has 0 heterocycles. The molecule has 0 amide bonds. The van der Waals surface area contributed by atoms with Crippen molar-refractivity contribution < 1.29 is 14.1 Å². The van der Waals surface area contributed by atoms with E-state index in [1.807, 2.05) is 0 Å². The molecule has 0 saturated carbocycles. The van der Waals surface area contributed by atoms with E-state index in [0.717, 1.165) is 0 Å². The van der Waals surface area contributed by atoms with Gasteiger partial charge in [-0.05, 0) is 30.7 Å². The lowest BCUT2D eigenvalue weighted by molar-refractivity contribution is -0.385. The Hall–Kier alpha value is -2.47. The van der Waals surface area contributed by atoms with E-state index in [4.69, 9.17) is 10.5 Å². The fourth-order valence-corrected chi connectivity index (χ4v) is 1.88. The quantitative estimate of drug-likeness (QED) is 0.676. The van der Waals surface area contributed by atoms with Crippen molar-refractivity contribution in [2.45, 2.75) is 19.6 Å². The van der Waals surface area contributed by atoms with Gasteiger partial charge < -0.3 is 10.5 Å². The molecular formula is C15H15FN2O3. The van der Waals surface area contributed by atoms with Gasteiger partial charge in [-0.1, -0.05) is 18.2 Å². The monoisotopic (exact) mass is 290 g/mol. The van der Waals surface area contributed by atoms with Crippen molar-refractivity contribution in [1.82, 2.24) is 0 Å². The number of nitro groups is 1. The number of hydrogen-bond acceptors (Lipinski definition) is 4. The van der Waals surface area contributed by atoms with Crippen LogP contribution in [-0.2, 0) is 6.61 Å². The van der Waals surface area contributed by atoms with Gasteiger partial charge in [-0.3, -0.25) is 10.1 Å². The van der Waals surface area contributed by atoms with Crippen LogP contribution in [0.2, 0.25) is 0 Å². The minimum atomic E-state index is -0.539. The summed E-state index contributed by atoms with van der Waals surface area (Å²) in [6.45, 7) is 1.67. The van der Waals surface area contributed by atoms with Crippen molar-refractivity contribution >= 4 is 5.69 Å². The third-order valence-corrected chi connectivity index (χ3v) is 3.05. The summed E-state index contributed by atoms with van der Waals surface area (Å²) < 4.78 is 19.2. The van der Waals surface area contributed by atoms with Crippen LogP contribution < -0.4 is 10.5 Å². The van der Waals surface area contributed by atoms with Crippen LogP contribution in [0, 0.1) is 15.9 Å². The molecular weight excluding hydrogens is 275 g/mol. The molecule has 110 valence electrons. The van der Waals surface area contributed by atoms with Crippen LogP contribution in [-0.4, -0.2) is 4.92 Å². The first-order chi connectivity index (χ1) is 9.99. The van der Waals surface area contributed by atoms with Gasteiger partial charge in [0.05, 0.1) is 10.5 Å². The fraction of sp³-hybridized carbons (Fsp3) is 0.200. The SMILES string of the molecule is C[C@@H](N)c1ccc(OCc2ccccc2[N+](=O)[O-])c(F)c1. The van der Waals surface area contributed by atoms with Crippen LogP contribution in [0.5, 0.6) is 5.75 Å². The molecule has 0 aliphatic heterocycles. The minimum Gasteiger partial charge on any atom is -0.486 e. The Morgan fingerprint density at radius 3 is 2.67 bits per heavy atom.